The SMILES string of the molecule is CC1c2ccc3c(c2C(=O)C2C(=O)C4(O)C(=O)C(C(N)=O)C(=O)C(N(C)C)C4C(O)C21)OCCC3(C)C. The first-order valence-electron chi connectivity index (χ1n) is 12.5. The molecule has 2 fully saturated rings. The van der Waals surface area contributed by atoms with Gasteiger partial charge in [0.05, 0.1) is 36.2 Å². The molecule has 1 amide bonds. The number of nitrogens with two attached hydrogens (primary N) is 1. The first-order chi connectivity index (χ1) is 17.2. The van der Waals surface area contributed by atoms with Crippen molar-refractivity contribution in [3.63, 3.8) is 0 Å². The first kappa shape index (κ1) is 25.7. The molecule has 4 aliphatic rings. The summed E-state index contributed by atoms with van der Waals surface area (Å²) in [5.74, 6) is -11.7. The van der Waals surface area contributed by atoms with E-state index in [4.69, 9.17) is 10.5 Å². The lowest BCUT2D eigenvalue weighted by Crippen LogP contribution is -2.77. The summed E-state index contributed by atoms with van der Waals surface area (Å²) in [6.07, 6.45) is -0.848. The van der Waals surface area contributed by atoms with Crippen molar-refractivity contribution < 1.29 is 38.9 Å². The molecule has 0 saturated heterocycles. The monoisotopic (exact) mass is 512 g/mol. The number of benzene rings is 1. The lowest BCUT2D eigenvalue weighted by Gasteiger charge is -2.56. The van der Waals surface area contributed by atoms with Crippen molar-refractivity contribution in [1.82, 2.24) is 4.90 Å². The number of hydrogen-bond donors (Lipinski definition) is 3. The summed E-state index contributed by atoms with van der Waals surface area (Å²) in [5, 5.41) is 23.4. The maximum absolute atomic E-state index is 14.1. The summed E-state index contributed by atoms with van der Waals surface area (Å²) in [6, 6.07) is 2.36. The molecule has 5 rings (SSSR count). The molecule has 0 aromatic heterocycles. The van der Waals surface area contributed by atoms with E-state index >= 15 is 0 Å². The number of aliphatic hydroxyl groups is 2. The number of ketones is 4. The van der Waals surface area contributed by atoms with E-state index in [1.54, 1.807) is 6.92 Å². The molecular formula is C27H32N2O8. The van der Waals surface area contributed by atoms with Gasteiger partial charge < -0.3 is 20.7 Å². The Morgan fingerprint density at radius 2 is 1.78 bits per heavy atom. The van der Waals surface area contributed by atoms with Gasteiger partial charge in [-0.15, -0.1) is 0 Å². The van der Waals surface area contributed by atoms with Crippen LogP contribution in [0.25, 0.3) is 0 Å². The van der Waals surface area contributed by atoms with Crippen LogP contribution in [-0.4, -0.2) is 82.6 Å². The fourth-order valence-electron chi connectivity index (χ4n) is 7.20. The molecule has 1 aromatic rings. The minimum atomic E-state index is -2.94. The van der Waals surface area contributed by atoms with Gasteiger partial charge in [-0.05, 0) is 37.4 Å². The molecular weight excluding hydrogens is 480 g/mol. The number of rotatable bonds is 2. The maximum Gasteiger partial charge on any atom is 0.235 e. The zero-order chi connectivity index (χ0) is 27.4. The quantitative estimate of drug-likeness (QED) is 0.453. The number of fused-ring (bicyclic) bond motifs is 5. The van der Waals surface area contributed by atoms with Gasteiger partial charge in [-0.3, -0.25) is 28.9 Å². The predicted molar refractivity (Wildman–Crippen MR) is 129 cm³/mol. The number of hydrogen-bond acceptors (Lipinski definition) is 9. The van der Waals surface area contributed by atoms with E-state index in [9.17, 15) is 34.2 Å². The van der Waals surface area contributed by atoms with Crippen LogP contribution in [0.15, 0.2) is 12.1 Å². The van der Waals surface area contributed by atoms with Gasteiger partial charge in [-0.25, -0.2) is 0 Å². The van der Waals surface area contributed by atoms with Gasteiger partial charge in [0.1, 0.15) is 5.75 Å². The molecule has 10 heteroatoms. The van der Waals surface area contributed by atoms with E-state index in [1.165, 1.54) is 19.0 Å². The first-order valence-corrected chi connectivity index (χ1v) is 12.5. The summed E-state index contributed by atoms with van der Waals surface area (Å²) in [7, 11) is 2.96. The van der Waals surface area contributed by atoms with Crippen LogP contribution in [0.5, 0.6) is 5.75 Å². The maximum atomic E-state index is 14.1. The average molecular weight is 513 g/mol. The Hall–Kier alpha value is -2.95. The summed E-state index contributed by atoms with van der Waals surface area (Å²) in [5.41, 5.74) is 3.77. The lowest BCUT2D eigenvalue weighted by atomic mass is 9.49. The van der Waals surface area contributed by atoms with Crippen molar-refractivity contribution in [3.05, 3.63) is 28.8 Å². The normalized spacial score (nSPS) is 38.3. The minimum Gasteiger partial charge on any atom is -0.492 e. The molecule has 0 radical (unpaired) electrons. The van der Waals surface area contributed by atoms with Crippen LogP contribution >= 0.6 is 0 Å². The molecule has 1 aliphatic heterocycles. The zero-order valence-corrected chi connectivity index (χ0v) is 21.5. The number of aliphatic hydroxyl groups excluding tert-OH is 1. The Kier molecular flexibility index (Phi) is 5.57. The van der Waals surface area contributed by atoms with Crippen molar-refractivity contribution in [1.29, 1.82) is 0 Å². The van der Waals surface area contributed by atoms with E-state index in [0.29, 0.717) is 17.9 Å². The van der Waals surface area contributed by atoms with Gasteiger partial charge in [0.2, 0.25) is 5.91 Å². The summed E-state index contributed by atoms with van der Waals surface area (Å²) >= 11 is 0. The van der Waals surface area contributed by atoms with Crippen molar-refractivity contribution in [2.45, 2.75) is 56.3 Å². The summed E-state index contributed by atoms with van der Waals surface area (Å²) in [6.45, 7) is 6.21. The van der Waals surface area contributed by atoms with E-state index in [1.807, 2.05) is 26.0 Å². The third-order valence-corrected chi connectivity index (χ3v) is 9.17. The average Bonchev–Trinajstić information content (AvgIpc) is 2.80. The molecule has 10 nitrogen and oxygen atoms in total. The van der Waals surface area contributed by atoms with Gasteiger partial charge in [-0.2, -0.15) is 0 Å². The number of Topliss-reactive ketones (excluding diaryl/α,β-unsaturated/α-hetero) is 4. The second-order valence-electron chi connectivity index (χ2n) is 11.8. The van der Waals surface area contributed by atoms with E-state index in [2.05, 4.69) is 0 Å². The number of carbonyl (C=O) groups is 5. The Labute approximate surface area is 214 Å². The number of ether oxygens (including phenoxy) is 1. The molecule has 0 spiro atoms. The highest BCUT2D eigenvalue weighted by molar-refractivity contribution is 6.32. The number of carbonyl (C=O) groups excluding carboxylic acids is 5. The van der Waals surface area contributed by atoms with Crippen LogP contribution in [0, 0.1) is 23.7 Å². The largest absolute Gasteiger partial charge is 0.492 e. The fourth-order valence-corrected chi connectivity index (χ4v) is 7.20. The van der Waals surface area contributed by atoms with Crippen LogP contribution in [0.1, 0.15) is 54.6 Å². The van der Waals surface area contributed by atoms with Crippen LogP contribution in [0.2, 0.25) is 0 Å². The molecule has 1 aromatic carbocycles. The topological polar surface area (TPSA) is 164 Å². The molecule has 3 aliphatic carbocycles. The van der Waals surface area contributed by atoms with Crippen LogP contribution < -0.4 is 10.5 Å². The van der Waals surface area contributed by atoms with Crippen molar-refractivity contribution >= 4 is 29.0 Å². The molecule has 8 unspecified atom stereocenters. The van der Waals surface area contributed by atoms with Crippen LogP contribution in [0.4, 0.5) is 0 Å². The number of nitrogens with zero attached hydrogens (tertiary/aromatic N) is 1. The molecule has 198 valence electrons. The Morgan fingerprint density at radius 3 is 2.38 bits per heavy atom. The van der Waals surface area contributed by atoms with Gasteiger partial charge >= 0.3 is 0 Å². The predicted octanol–water partition coefficient (Wildman–Crippen LogP) is -0.247. The standard InChI is InChI=1S/C27H32N2O8/c1-10-11-6-7-12-22(37-9-8-26(12,2)3)14(11)19(30)15-13(10)20(31)17-18(29(4)5)21(32)16(25(28)35)24(34)27(17,36)23(15)33/h6-7,10,13,15-18,20,31,36H,8-9H2,1-5H3,(H2,28,35). The van der Waals surface area contributed by atoms with Gasteiger partial charge in [-0.1, -0.05) is 32.9 Å². The van der Waals surface area contributed by atoms with Crippen molar-refractivity contribution in [2.75, 3.05) is 20.7 Å². The van der Waals surface area contributed by atoms with Gasteiger partial charge in [0.25, 0.3) is 0 Å². The third kappa shape index (κ3) is 3.12. The molecule has 37 heavy (non-hydrogen) atoms. The van der Waals surface area contributed by atoms with Crippen LogP contribution in [0.3, 0.4) is 0 Å². The summed E-state index contributed by atoms with van der Waals surface area (Å²) in [4.78, 5) is 68.2. The Morgan fingerprint density at radius 1 is 1.14 bits per heavy atom. The molecule has 0 bridgehead atoms. The van der Waals surface area contributed by atoms with Gasteiger partial charge in [0, 0.05) is 11.5 Å². The zero-order valence-electron chi connectivity index (χ0n) is 21.5. The molecule has 4 N–H and O–H groups in total. The summed E-state index contributed by atoms with van der Waals surface area (Å²) < 4.78 is 5.95. The van der Waals surface area contributed by atoms with E-state index in [0.717, 1.165) is 12.0 Å². The Bertz CT molecular complexity index is 1270. The lowest BCUT2D eigenvalue weighted by molar-refractivity contribution is -0.196. The van der Waals surface area contributed by atoms with Crippen molar-refractivity contribution in [2.24, 2.45) is 29.4 Å². The fraction of sp³-hybridized carbons (Fsp3) is 0.593. The smallest absolute Gasteiger partial charge is 0.235 e. The highest BCUT2D eigenvalue weighted by Crippen LogP contribution is 2.55. The molecule has 2 saturated carbocycles. The molecule has 8 atom stereocenters. The van der Waals surface area contributed by atoms with E-state index < -0.39 is 76.4 Å². The number of primary amides is 1. The highest BCUT2D eigenvalue weighted by Gasteiger charge is 2.73. The minimum absolute atomic E-state index is 0.219. The highest BCUT2D eigenvalue weighted by atomic mass is 16.5. The van der Waals surface area contributed by atoms with E-state index in [-0.39, 0.29) is 11.0 Å². The Balaban J connectivity index is 1.72. The van der Waals surface area contributed by atoms with Crippen LogP contribution in [-0.2, 0) is 24.6 Å². The van der Waals surface area contributed by atoms with Gasteiger partial charge in [0.15, 0.2) is 34.7 Å². The van der Waals surface area contributed by atoms with Crippen molar-refractivity contribution in [3.8, 4) is 5.75 Å². The molecule has 1 heterocycles. The second kappa shape index (κ2) is 8.02. The number of likely N-dealkylation sites (N-methyl/N-ethyl adjacent to an activating group) is 1. The number of amides is 1. The second-order valence-corrected chi connectivity index (χ2v) is 11.8. The third-order valence-electron chi connectivity index (χ3n) is 9.17.